The summed E-state index contributed by atoms with van der Waals surface area (Å²) >= 11 is 0. The van der Waals surface area contributed by atoms with Gasteiger partial charge in [-0.15, -0.1) is 0 Å². The lowest BCUT2D eigenvalue weighted by Crippen LogP contribution is -2.28. The van der Waals surface area contributed by atoms with Gasteiger partial charge in [-0.05, 0) is 30.3 Å². The van der Waals surface area contributed by atoms with Crippen molar-refractivity contribution < 1.29 is 14.3 Å². The Hall–Kier alpha value is -3.47. The minimum absolute atomic E-state index is 0.319. The van der Waals surface area contributed by atoms with Crippen LogP contribution in [-0.2, 0) is 6.54 Å². The summed E-state index contributed by atoms with van der Waals surface area (Å²) in [7, 11) is 1.61. The number of ether oxygens (including phenoxy) is 2. The Bertz CT molecular complexity index is 866. The van der Waals surface area contributed by atoms with Gasteiger partial charge in [0.15, 0.2) is 5.75 Å². The van der Waals surface area contributed by atoms with Crippen molar-refractivity contribution >= 4 is 11.7 Å². The van der Waals surface area contributed by atoms with Crippen LogP contribution in [0.2, 0.25) is 0 Å². The number of hydrogen-bond acceptors (Lipinski definition) is 3. The van der Waals surface area contributed by atoms with Crippen LogP contribution < -0.4 is 20.1 Å². The number of nitrogens with one attached hydrogen (secondary N) is 2. The second kappa shape index (κ2) is 8.58. The highest BCUT2D eigenvalue weighted by Gasteiger charge is 2.09. The molecule has 0 unspecified atom stereocenters. The summed E-state index contributed by atoms with van der Waals surface area (Å²) in [6.07, 6.45) is 0. The number of rotatable bonds is 6. The molecule has 0 fully saturated rings. The molecule has 0 aliphatic heterocycles. The van der Waals surface area contributed by atoms with Crippen LogP contribution in [0.15, 0.2) is 78.9 Å². The van der Waals surface area contributed by atoms with Gasteiger partial charge in [-0.2, -0.15) is 0 Å². The number of para-hydroxylation sites is 4. The van der Waals surface area contributed by atoms with E-state index in [1.165, 1.54) is 0 Å². The summed E-state index contributed by atoms with van der Waals surface area (Å²) in [5.41, 5.74) is 1.49. The summed E-state index contributed by atoms with van der Waals surface area (Å²) in [5.74, 6) is 2.02. The van der Waals surface area contributed by atoms with Crippen molar-refractivity contribution in [2.24, 2.45) is 0 Å². The molecular weight excluding hydrogens is 328 g/mol. The standard InChI is InChI=1S/C21H20N2O3/c1-25-19-13-7-5-9-16(19)15-22-21(24)23-18-12-6-8-14-20(18)26-17-10-3-2-4-11-17/h2-14H,15H2,1H3,(H2,22,23,24). The minimum Gasteiger partial charge on any atom is -0.496 e. The summed E-state index contributed by atoms with van der Waals surface area (Å²) < 4.78 is 11.1. The summed E-state index contributed by atoms with van der Waals surface area (Å²) in [6, 6.07) is 24.0. The highest BCUT2D eigenvalue weighted by atomic mass is 16.5. The molecule has 0 spiro atoms. The minimum atomic E-state index is -0.319. The predicted molar refractivity (Wildman–Crippen MR) is 102 cm³/mol. The molecular formula is C21H20N2O3. The number of urea groups is 1. The summed E-state index contributed by atoms with van der Waals surface area (Å²) in [5, 5.41) is 5.65. The number of carbonyl (C=O) groups excluding carboxylic acids is 1. The third-order valence-electron chi connectivity index (χ3n) is 3.74. The zero-order valence-electron chi connectivity index (χ0n) is 14.4. The SMILES string of the molecule is COc1ccccc1CNC(=O)Nc1ccccc1Oc1ccccc1. The number of methoxy groups -OCH3 is 1. The molecule has 0 saturated heterocycles. The Morgan fingerprint density at radius 1 is 0.846 bits per heavy atom. The fourth-order valence-electron chi connectivity index (χ4n) is 2.47. The third kappa shape index (κ3) is 4.54. The van der Waals surface area contributed by atoms with E-state index < -0.39 is 0 Å². The second-order valence-electron chi connectivity index (χ2n) is 5.53. The van der Waals surface area contributed by atoms with Crippen LogP contribution in [0.3, 0.4) is 0 Å². The number of amides is 2. The van der Waals surface area contributed by atoms with E-state index in [2.05, 4.69) is 10.6 Å². The molecule has 0 aliphatic carbocycles. The highest BCUT2D eigenvalue weighted by Crippen LogP contribution is 2.29. The fraction of sp³-hybridized carbons (Fsp3) is 0.0952. The van der Waals surface area contributed by atoms with E-state index in [9.17, 15) is 4.79 Å². The second-order valence-corrected chi connectivity index (χ2v) is 5.53. The Balaban J connectivity index is 1.64. The van der Waals surface area contributed by atoms with Gasteiger partial charge in [0.25, 0.3) is 0 Å². The first-order chi connectivity index (χ1) is 12.8. The van der Waals surface area contributed by atoms with Gasteiger partial charge in [0.2, 0.25) is 0 Å². The van der Waals surface area contributed by atoms with Crippen molar-refractivity contribution in [2.45, 2.75) is 6.54 Å². The molecule has 5 heteroatoms. The highest BCUT2D eigenvalue weighted by molar-refractivity contribution is 5.91. The van der Waals surface area contributed by atoms with Crippen molar-refractivity contribution in [3.8, 4) is 17.2 Å². The number of hydrogen-bond donors (Lipinski definition) is 2. The first-order valence-electron chi connectivity index (χ1n) is 8.25. The monoisotopic (exact) mass is 348 g/mol. The van der Waals surface area contributed by atoms with Crippen molar-refractivity contribution in [3.63, 3.8) is 0 Å². The van der Waals surface area contributed by atoms with E-state index >= 15 is 0 Å². The van der Waals surface area contributed by atoms with E-state index in [1.807, 2.05) is 72.8 Å². The van der Waals surface area contributed by atoms with Crippen molar-refractivity contribution in [2.75, 3.05) is 12.4 Å². The maximum Gasteiger partial charge on any atom is 0.319 e. The molecule has 132 valence electrons. The number of carbonyl (C=O) groups is 1. The van der Waals surface area contributed by atoms with E-state index in [1.54, 1.807) is 13.2 Å². The van der Waals surface area contributed by atoms with Crippen LogP contribution in [0.5, 0.6) is 17.2 Å². The van der Waals surface area contributed by atoms with E-state index in [-0.39, 0.29) is 6.03 Å². The zero-order valence-corrected chi connectivity index (χ0v) is 14.4. The molecule has 3 rings (SSSR count). The molecule has 3 aromatic carbocycles. The van der Waals surface area contributed by atoms with Crippen molar-refractivity contribution in [3.05, 3.63) is 84.4 Å². The topological polar surface area (TPSA) is 59.6 Å². The van der Waals surface area contributed by atoms with Gasteiger partial charge in [-0.1, -0.05) is 48.5 Å². The lowest BCUT2D eigenvalue weighted by molar-refractivity contribution is 0.251. The van der Waals surface area contributed by atoms with E-state index in [0.29, 0.717) is 23.7 Å². The van der Waals surface area contributed by atoms with Crippen molar-refractivity contribution in [1.82, 2.24) is 5.32 Å². The van der Waals surface area contributed by atoms with Gasteiger partial charge in [0, 0.05) is 12.1 Å². The Morgan fingerprint density at radius 3 is 2.27 bits per heavy atom. The lowest BCUT2D eigenvalue weighted by Gasteiger charge is -2.13. The van der Waals surface area contributed by atoms with Crippen LogP contribution in [0.4, 0.5) is 10.5 Å². The zero-order chi connectivity index (χ0) is 18.2. The summed E-state index contributed by atoms with van der Waals surface area (Å²) in [6.45, 7) is 0.359. The Morgan fingerprint density at radius 2 is 1.50 bits per heavy atom. The van der Waals surface area contributed by atoms with Crippen LogP contribution in [0, 0.1) is 0 Å². The molecule has 0 heterocycles. The molecule has 0 bridgehead atoms. The van der Waals surface area contributed by atoms with Crippen LogP contribution in [0.1, 0.15) is 5.56 Å². The van der Waals surface area contributed by atoms with Crippen LogP contribution >= 0.6 is 0 Å². The first kappa shape index (κ1) is 17.4. The molecule has 0 atom stereocenters. The molecule has 2 N–H and O–H groups in total. The third-order valence-corrected chi connectivity index (χ3v) is 3.74. The molecule has 5 nitrogen and oxygen atoms in total. The molecule has 2 amide bonds. The van der Waals surface area contributed by atoms with Gasteiger partial charge in [0.1, 0.15) is 11.5 Å². The average Bonchev–Trinajstić information content (AvgIpc) is 2.69. The molecule has 26 heavy (non-hydrogen) atoms. The van der Waals surface area contributed by atoms with Gasteiger partial charge in [-0.3, -0.25) is 0 Å². The predicted octanol–water partition coefficient (Wildman–Crippen LogP) is 4.81. The van der Waals surface area contributed by atoms with Gasteiger partial charge in [0.05, 0.1) is 12.8 Å². The van der Waals surface area contributed by atoms with Crippen LogP contribution in [0.25, 0.3) is 0 Å². The lowest BCUT2D eigenvalue weighted by atomic mass is 10.2. The maximum absolute atomic E-state index is 12.3. The van der Waals surface area contributed by atoms with Gasteiger partial charge >= 0.3 is 6.03 Å². The molecule has 0 radical (unpaired) electrons. The largest absolute Gasteiger partial charge is 0.496 e. The fourth-order valence-corrected chi connectivity index (χ4v) is 2.47. The maximum atomic E-state index is 12.3. The van der Waals surface area contributed by atoms with Gasteiger partial charge in [-0.25, -0.2) is 4.79 Å². The molecule has 0 saturated carbocycles. The van der Waals surface area contributed by atoms with E-state index in [4.69, 9.17) is 9.47 Å². The van der Waals surface area contributed by atoms with Crippen molar-refractivity contribution in [1.29, 1.82) is 0 Å². The summed E-state index contributed by atoms with van der Waals surface area (Å²) in [4.78, 5) is 12.3. The first-order valence-corrected chi connectivity index (χ1v) is 8.25. The Labute approximate surface area is 152 Å². The normalized spacial score (nSPS) is 10.0. The van der Waals surface area contributed by atoms with Crippen LogP contribution in [-0.4, -0.2) is 13.1 Å². The van der Waals surface area contributed by atoms with E-state index in [0.717, 1.165) is 11.3 Å². The smallest absolute Gasteiger partial charge is 0.319 e. The average molecular weight is 348 g/mol. The molecule has 0 aromatic heterocycles. The van der Waals surface area contributed by atoms with Gasteiger partial charge < -0.3 is 20.1 Å². The number of anilines is 1. The molecule has 0 aliphatic rings. The number of benzene rings is 3. The quantitative estimate of drug-likeness (QED) is 0.672. The Kier molecular flexibility index (Phi) is 5.72. The molecule has 3 aromatic rings.